The summed E-state index contributed by atoms with van der Waals surface area (Å²) in [5.74, 6) is 8.03. The lowest BCUT2D eigenvalue weighted by atomic mass is 9.95. The monoisotopic (exact) mass is 279 g/mol. The summed E-state index contributed by atoms with van der Waals surface area (Å²) in [5, 5.41) is 0. The van der Waals surface area contributed by atoms with Crippen LogP contribution in [0.5, 0.6) is 0 Å². The third-order valence-electron chi connectivity index (χ3n) is 3.00. The van der Waals surface area contributed by atoms with Gasteiger partial charge >= 0.3 is 0 Å². The van der Waals surface area contributed by atoms with E-state index in [0.29, 0.717) is 5.82 Å². The number of nitrogens with two attached hydrogens (primary N) is 1. The van der Waals surface area contributed by atoms with E-state index >= 15 is 0 Å². The maximum absolute atomic E-state index is 5.60. The Bertz CT molecular complexity index is 468. The van der Waals surface area contributed by atoms with Crippen molar-refractivity contribution in [1.82, 2.24) is 9.97 Å². The van der Waals surface area contributed by atoms with Crippen molar-refractivity contribution in [3.8, 4) is 0 Å². The summed E-state index contributed by atoms with van der Waals surface area (Å²) < 4.78 is 0. The first-order chi connectivity index (χ1) is 8.95. The zero-order valence-corrected chi connectivity index (χ0v) is 14.1. The molecule has 0 saturated heterocycles. The van der Waals surface area contributed by atoms with Crippen molar-refractivity contribution in [3.05, 3.63) is 11.4 Å². The predicted molar refractivity (Wildman–Crippen MR) is 86.0 cm³/mol. The molecule has 1 rings (SSSR count). The molecule has 0 unspecified atom stereocenters. The second-order valence-electron chi connectivity index (χ2n) is 7.66. The van der Waals surface area contributed by atoms with E-state index in [9.17, 15) is 0 Å². The van der Waals surface area contributed by atoms with Gasteiger partial charge in [0, 0.05) is 24.6 Å². The molecule has 3 N–H and O–H groups in total. The fourth-order valence-corrected chi connectivity index (χ4v) is 2.14. The van der Waals surface area contributed by atoms with Crippen LogP contribution in [0.15, 0.2) is 0 Å². The van der Waals surface area contributed by atoms with Crippen LogP contribution in [-0.4, -0.2) is 23.6 Å². The lowest BCUT2D eigenvalue weighted by Gasteiger charge is -2.30. The van der Waals surface area contributed by atoms with Gasteiger partial charge in [-0.1, -0.05) is 41.5 Å². The van der Waals surface area contributed by atoms with Crippen LogP contribution in [0.2, 0.25) is 0 Å². The molecular weight excluding hydrogens is 250 g/mol. The molecule has 0 spiro atoms. The highest BCUT2D eigenvalue weighted by atomic mass is 15.3. The standard InChI is InChI=1S/C15H29N5/c1-10-11(19-16)17-13(15(5,6)7)18-12(10)20(8)9-14(2,3)4/h9,16H2,1-8H3,(H,17,18,19). The molecule has 0 amide bonds. The Labute approximate surface area is 123 Å². The van der Waals surface area contributed by atoms with E-state index in [1.165, 1.54) is 0 Å². The molecule has 114 valence electrons. The van der Waals surface area contributed by atoms with Gasteiger partial charge in [0.1, 0.15) is 17.5 Å². The van der Waals surface area contributed by atoms with Crippen LogP contribution >= 0.6 is 0 Å². The summed E-state index contributed by atoms with van der Waals surface area (Å²) >= 11 is 0. The van der Waals surface area contributed by atoms with E-state index in [2.05, 4.69) is 63.9 Å². The van der Waals surface area contributed by atoms with Crippen molar-refractivity contribution >= 4 is 11.6 Å². The molecule has 5 nitrogen and oxygen atoms in total. The highest BCUT2D eigenvalue weighted by Crippen LogP contribution is 2.29. The highest BCUT2D eigenvalue weighted by molar-refractivity contribution is 5.58. The van der Waals surface area contributed by atoms with E-state index in [1.54, 1.807) is 0 Å². The molecule has 0 bridgehead atoms. The van der Waals surface area contributed by atoms with Crippen LogP contribution < -0.4 is 16.2 Å². The van der Waals surface area contributed by atoms with Gasteiger partial charge in [-0.25, -0.2) is 15.8 Å². The molecule has 0 aliphatic rings. The molecule has 0 saturated carbocycles. The second-order valence-corrected chi connectivity index (χ2v) is 7.66. The summed E-state index contributed by atoms with van der Waals surface area (Å²) in [6.07, 6.45) is 0. The van der Waals surface area contributed by atoms with Crippen LogP contribution in [0.4, 0.5) is 11.6 Å². The molecule has 20 heavy (non-hydrogen) atoms. The topological polar surface area (TPSA) is 67.1 Å². The third-order valence-corrected chi connectivity index (χ3v) is 3.00. The molecule has 0 fully saturated rings. The quantitative estimate of drug-likeness (QED) is 0.658. The third kappa shape index (κ3) is 4.07. The van der Waals surface area contributed by atoms with Gasteiger partial charge in [-0.3, -0.25) is 0 Å². The number of rotatable bonds is 3. The van der Waals surface area contributed by atoms with Crippen molar-refractivity contribution in [1.29, 1.82) is 0 Å². The Kier molecular flexibility index (Phi) is 4.64. The van der Waals surface area contributed by atoms with E-state index in [-0.39, 0.29) is 10.8 Å². The molecule has 0 aliphatic carbocycles. The first kappa shape index (κ1) is 16.7. The Morgan fingerprint density at radius 3 is 2.05 bits per heavy atom. The number of hydrogen-bond donors (Lipinski definition) is 2. The van der Waals surface area contributed by atoms with Crippen molar-refractivity contribution < 1.29 is 0 Å². The maximum atomic E-state index is 5.60. The van der Waals surface area contributed by atoms with Gasteiger partial charge in [0.25, 0.3) is 0 Å². The van der Waals surface area contributed by atoms with Crippen LogP contribution in [-0.2, 0) is 5.41 Å². The van der Waals surface area contributed by atoms with Crippen molar-refractivity contribution in [2.45, 2.75) is 53.9 Å². The fraction of sp³-hybridized carbons (Fsp3) is 0.733. The minimum atomic E-state index is -0.114. The van der Waals surface area contributed by atoms with Gasteiger partial charge in [-0.05, 0) is 12.3 Å². The average Bonchev–Trinajstić information content (AvgIpc) is 2.25. The molecule has 0 aliphatic heterocycles. The zero-order chi connectivity index (χ0) is 15.7. The summed E-state index contributed by atoms with van der Waals surface area (Å²) in [6, 6.07) is 0. The summed E-state index contributed by atoms with van der Waals surface area (Å²) in [7, 11) is 2.06. The van der Waals surface area contributed by atoms with Crippen molar-refractivity contribution in [2.24, 2.45) is 11.3 Å². The van der Waals surface area contributed by atoms with Gasteiger partial charge in [0.15, 0.2) is 0 Å². The van der Waals surface area contributed by atoms with Crippen LogP contribution in [0.1, 0.15) is 52.9 Å². The largest absolute Gasteiger partial charge is 0.359 e. The van der Waals surface area contributed by atoms with Crippen LogP contribution in [0.3, 0.4) is 0 Å². The Balaban J connectivity index is 3.31. The number of nitrogen functional groups attached to an aromatic ring is 1. The van der Waals surface area contributed by atoms with Gasteiger partial charge in [0.2, 0.25) is 0 Å². The SMILES string of the molecule is Cc1c(NN)nc(C(C)(C)C)nc1N(C)CC(C)(C)C. The number of hydrogen-bond acceptors (Lipinski definition) is 5. The zero-order valence-electron chi connectivity index (χ0n) is 14.1. The first-order valence-electron chi connectivity index (χ1n) is 7.02. The number of hydrazine groups is 1. The normalized spacial score (nSPS) is 12.4. The first-order valence-corrected chi connectivity index (χ1v) is 7.02. The van der Waals surface area contributed by atoms with E-state index < -0.39 is 0 Å². The van der Waals surface area contributed by atoms with Gasteiger partial charge in [-0.2, -0.15) is 0 Å². The molecule has 1 aromatic rings. The number of nitrogens with one attached hydrogen (secondary N) is 1. The smallest absolute Gasteiger partial charge is 0.148 e. The molecule has 0 atom stereocenters. The van der Waals surface area contributed by atoms with Crippen molar-refractivity contribution in [3.63, 3.8) is 0 Å². The summed E-state index contributed by atoms with van der Waals surface area (Å²) in [4.78, 5) is 11.5. The molecular formula is C15H29N5. The van der Waals surface area contributed by atoms with Gasteiger partial charge in [0.05, 0.1) is 0 Å². The lowest BCUT2D eigenvalue weighted by molar-refractivity contribution is 0.417. The molecule has 1 aromatic heterocycles. The van der Waals surface area contributed by atoms with Gasteiger partial charge < -0.3 is 10.3 Å². The molecule has 0 radical (unpaired) electrons. The van der Waals surface area contributed by atoms with Gasteiger partial charge in [-0.15, -0.1) is 0 Å². The Morgan fingerprint density at radius 1 is 1.10 bits per heavy atom. The van der Waals surface area contributed by atoms with E-state index in [0.717, 1.165) is 23.8 Å². The number of anilines is 2. The Morgan fingerprint density at radius 2 is 1.65 bits per heavy atom. The predicted octanol–water partition coefficient (Wildman–Crippen LogP) is 2.85. The lowest BCUT2D eigenvalue weighted by Crippen LogP contribution is -2.32. The minimum absolute atomic E-state index is 0.114. The van der Waals surface area contributed by atoms with E-state index in [1.807, 2.05) is 6.92 Å². The Hall–Kier alpha value is -1.36. The second kappa shape index (κ2) is 5.56. The summed E-state index contributed by atoms with van der Waals surface area (Å²) in [6.45, 7) is 15.9. The average molecular weight is 279 g/mol. The fourth-order valence-electron chi connectivity index (χ4n) is 2.14. The molecule has 5 heteroatoms. The van der Waals surface area contributed by atoms with E-state index in [4.69, 9.17) is 10.8 Å². The number of aromatic nitrogens is 2. The minimum Gasteiger partial charge on any atom is -0.359 e. The molecule has 0 aromatic carbocycles. The van der Waals surface area contributed by atoms with Crippen molar-refractivity contribution in [2.75, 3.05) is 23.9 Å². The van der Waals surface area contributed by atoms with Crippen LogP contribution in [0.25, 0.3) is 0 Å². The highest BCUT2D eigenvalue weighted by Gasteiger charge is 2.23. The van der Waals surface area contributed by atoms with Crippen LogP contribution in [0, 0.1) is 12.3 Å². The maximum Gasteiger partial charge on any atom is 0.148 e. The summed E-state index contributed by atoms with van der Waals surface area (Å²) in [5.41, 5.74) is 3.75. The number of nitrogens with zero attached hydrogens (tertiary/aromatic N) is 3. The molecule has 1 heterocycles.